The Balaban J connectivity index is 3.07. The van der Waals surface area contributed by atoms with Gasteiger partial charge in [0.25, 0.3) is 5.69 Å². The zero-order valence-electron chi connectivity index (χ0n) is 11.5. The van der Waals surface area contributed by atoms with Crippen LogP contribution in [0.4, 0.5) is 11.4 Å². The third-order valence-corrected chi connectivity index (χ3v) is 2.86. The average Bonchev–Trinajstić information content (AvgIpc) is 2.45. The Bertz CT molecular complexity index is 565. The summed E-state index contributed by atoms with van der Waals surface area (Å²) in [7, 11) is 2.92. The van der Waals surface area contributed by atoms with Gasteiger partial charge in [0.05, 0.1) is 29.6 Å². The summed E-state index contributed by atoms with van der Waals surface area (Å²) in [6.45, 7) is 1.92. The molecule has 106 valence electrons. The van der Waals surface area contributed by atoms with Gasteiger partial charge in [-0.05, 0) is 12.1 Å². The molecule has 0 spiro atoms. The number of benzene rings is 1. The number of ether oxygens (including phenoxy) is 1. The Labute approximate surface area is 116 Å². The number of nitro benzene ring substituents is 1. The lowest BCUT2D eigenvalue weighted by atomic mass is 10.1. The maximum Gasteiger partial charge on any atom is 0.310 e. The monoisotopic (exact) mass is 277 g/mol. The molecule has 7 heteroatoms. The molecule has 0 aromatic heterocycles. The zero-order chi connectivity index (χ0) is 15.3. The first-order valence-corrected chi connectivity index (χ1v) is 5.88. The summed E-state index contributed by atoms with van der Waals surface area (Å²) < 4.78 is 4.62. The Morgan fingerprint density at radius 3 is 2.75 bits per heavy atom. The number of esters is 1. The minimum absolute atomic E-state index is 0.108. The molecule has 0 N–H and O–H groups in total. The summed E-state index contributed by atoms with van der Waals surface area (Å²) in [6, 6.07) is 6.04. The Morgan fingerprint density at radius 1 is 1.60 bits per heavy atom. The third kappa shape index (κ3) is 3.45. The lowest BCUT2D eigenvalue weighted by Crippen LogP contribution is -2.29. The van der Waals surface area contributed by atoms with Crippen molar-refractivity contribution in [2.75, 3.05) is 25.6 Å². The first-order valence-electron chi connectivity index (χ1n) is 5.88. The Kier molecular flexibility index (Phi) is 5.03. The summed E-state index contributed by atoms with van der Waals surface area (Å²) >= 11 is 0. The van der Waals surface area contributed by atoms with Gasteiger partial charge in [0.15, 0.2) is 0 Å². The van der Waals surface area contributed by atoms with Crippen LogP contribution in [0.1, 0.15) is 12.5 Å². The van der Waals surface area contributed by atoms with E-state index in [9.17, 15) is 14.9 Å². The van der Waals surface area contributed by atoms with Crippen LogP contribution in [0.25, 0.3) is 0 Å². The SMILES string of the molecule is COC(=O)C(C)CN(C)c1cc(C#N)ccc1[N+](=O)[O-]. The van der Waals surface area contributed by atoms with Crippen molar-refractivity contribution in [2.24, 2.45) is 5.92 Å². The standard InChI is InChI=1S/C13H15N3O4/c1-9(13(17)20-3)8-15(2)12-6-10(7-14)4-5-11(12)16(18)19/h4-6,9H,8H2,1-3H3. The quantitative estimate of drug-likeness (QED) is 0.462. The summed E-state index contributed by atoms with van der Waals surface area (Å²) in [4.78, 5) is 23.4. The fraction of sp³-hybridized carbons (Fsp3) is 0.385. The number of nitriles is 1. The van der Waals surface area contributed by atoms with Crippen molar-refractivity contribution in [2.45, 2.75) is 6.92 Å². The predicted molar refractivity (Wildman–Crippen MR) is 72.3 cm³/mol. The largest absolute Gasteiger partial charge is 0.469 e. The van der Waals surface area contributed by atoms with Crippen LogP contribution in [0, 0.1) is 27.4 Å². The van der Waals surface area contributed by atoms with Gasteiger partial charge in [-0.25, -0.2) is 0 Å². The fourth-order valence-electron chi connectivity index (χ4n) is 1.84. The van der Waals surface area contributed by atoms with Gasteiger partial charge in [0.1, 0.15) is 5.69 Å². The van der Waals surface area contributed by atoms with E-state index in [2.05, 4.69) is 4.74 Å². The molecule has 0 aliphatic carbocycles. The van der Waals surface area contributed by atoms with Gasteiger partial charge in [0.2, 0.25) is 0 Å². The molecule has 0 aliphatic rings. The van der Waals surface area contributed by atoms with Crippen molar-refractivity contribution >= 4 is 17.3 Å². The van der Waals surface area contributed by atoms with Gasteiger partial charge in [-0.3, -0.25) is 14.9 Å². The third-order valence-electron chi connectivity index (χ3n) is 2.86. The van der Waals surface area contributed by atoms with Crippen LogP contribution in [0.2, 0.25) is 0 Å². The maximum atomic E-state index is 11.4. The number of hydrogen-bond acceptors (Lipinski definition) is 6. The average molecular weight is 277 g/mol. The molecule has 0 saturated heterocycles. The highest BCUT2D eigenvalue weighted by atomic mass is 16.6. The number of carbonyl (C=O) groups is 1. The molecule has 0 amide bonds. The van der Waals surface area contributed by atoms with E-state index < -0.39 is 16.8 Å². The number of carbonyl (C=O) groups excluding carboxylic acids is 1. The predicted octanol–water partition coefficient (Wildman–Crippen LogP) is 1.71. The van der Waals surface area contributed by atoms with Gasteiger partial charge in [-0.15, -0.1) is 0 Å². The highest BCUT2D eigenvalue weighted by Crippen LogP contribution is 2.28. The molecular formula is C13H15N3O4. The molecule has 7 nitrogen and oxygen atoms in total. The molecule has 0 fully saturated rings. The number of nitro groups is 1. The first-order chi connectivity index (χ1) is 9.40. The van der Waals surface area contributed by atoms with Crippen LogP contribution in [0.3, 0.4) is 0 Å². The molecular weight excluding hydrogens is 262 g/mol. The summed E-state index contributed by atoms with van der Waals surface area (Å²) in [5, 5.41) is 19.9. The molecule has 1 atom stereocenters. The van der Waals surface area contributed by atoms with Crippen LogP contribution in [-0.4, -0.2) is 31.6 Å². The maximum absolute atomic E-state index is 11.4. The second kappa shape index (κ2) is 6.52. The van der Waals surface area contributed by atoms with Gasteiger partial charge >= 0.3 is 5.97 Å². The van der Waals surface area contributed by atoms with Gasteiger partial charge in [0, 0.05) is 19.7 Å². The highest BCUT2D eigenvalue weighted by Gasteiger charge is 2.21. The minimum Gasteiger partial charge on any atom is -0.469 e. The van der Waals surface area contributed by atoms with Crippen molar-refractivity contribution in [1.29, 1.82) is 5.26 Å². The normalized spacial score (nSPS) is 11.3. The number of anilines is 1. The van der Waals surface area contributed by atoms with Crippen LogP contribution in [-0.2, 0) is 9.53 Å². The molecule has 1 unspecified atom stereocenters. The first kappa shape index (κ1) is 15.4. The van der Waals surface area contributed by atoms with Crippen LogP contribution in [0.15, 0.2) is 18.2 Å². The summed E-state index contributed by atoms with van der Waals surface area (Å²) in [5.41, 5.74) is 0.511. The molecule has 0 bridgehead atoms. The topological polar surface area (TPSA) is 96.5 Å². The second-order valence-electron chi connectivity index (χ2n) is 4.38. The molecule has 0 radical (unpaired) electrons. The lowest BCUT2D eigenvalue weighted by molar-refractivity contribution is -0.384. The molecule has 0 heterocycles. The van der Waals surface area contributed by atoms with E-state index in [1.54, 1.807) is 18.9 Å². The Hall–Kier alpha value is -2.62. The van der Waals surface area contributed by atoms with Gasteiger partial charge in [-0.1, -0.05) is 6.92 Å². The van der Waals surface area contributed by atoms with Crippen LogP contribution < -0.4 is 4.90 Å². The van der Waals surface area contributed by atoms with Crippen molar-refractivity contribution in [1.82, 2.24) is 0 Å². The molecule has 0 saturated carbocycles. The van der Waals surface area contributed by atoms with E-state index in [-0.39, 0.29) is 12.2 Å². The zero-order valence-corrected chi connectivity index (χ0v) is 11.5. The van der Waals surface area contributed by atoms with E-state index in [1.165, 1.54) is 25.3 Å². The molecule has 1 aromatic rings. The lowest BCUT2D eigenvalue weighted by Gasteiger charge is -2.22. The van der Waals surface area contributed by atoms with E-state index in [1.807, 2.05) is 6.07 Å². The van der Waals surface area contributed by atoms with Crippen molar-refractivity contribution in [3.8, 4) is 6.07 Å². The molecule has 20 heavy (non-hydrogen) atoms. The van der Waals surface area contributed by atoms with Gasteiger partial charge in [-0.2, -0.15) is 5.26 Å². The fourth-order valence-corrected chi connectivity index (χ4v) is 1.84. The van der Waals surface area contributed by atoms with Gasteiger partial charge < -0.3 is 9.64 Å². The second-order valence-corrected chi connectivity index (χ2v) is 4.38. The minimum atomic E-state index is -0.518. The van der Waals surface area contributed by atoms with E-state index in [0.717, 1.165) is 0 Å². The van der Waals surface area contributed by atoms with Crippen molar-refractivity contribution in [3.63, 3.8) is 0 Å². The molecule has 1 aromatic carbocycles. The highest BCUT2D eigenvalue weighted by molar-refractivity contribution is 5.73. The van der Waals surface area contributed by atoms with Crippen molar-refractivity contribution in [3.05, 3.63) is 33.9 Å². The van der Waals surface area contributed by atoms with Crippen LogP contribution in [0.5, 0.6) is 0 Å². The number of nitrogens with zero attached hydrogens (tertiary/aromatic N) is 3. The van der Waals surface area contributed by atoms with E-state index in [4.69, 9.17) is 5.26 Å². The summed E-state index contributed by atoms with van der Waals surface area (Å²) in [6.07, 6.45) is 0. The Morgan fingerprint density at radius 2 is 2.25 bits per heavy atom. The number of methoxy groups -OCH3 is 1. The number of hydrogen-bond donors (Lipinski definition) is 0. The smallest absolute Gasteiger partial charge is 0.310 e. The summed E-state index contributed by atoms with van der Waals surface area (Å²) in [5.74, 6) is -0.828. The van der Waals surface area contributed by atoms with Crippen molar-refractivity contribution < 1.29 is 14.5 Å². The molecule has 1 rings (SSSR count). The number of rotatable bonds is 5. The molecule has 0 aliphatic heterocycles. The van der Waals surface area contributed by atoms with E-state index >= 15 is 0 Å². The van der Waals surface area contributed by atoms with E-state index in [0.29, 0.717) is 11.3 Å². The van der Waals surface area contributed by atoms with Crippen LogP contribution >= 0.6 is 0 Å².